The Bertz CT molecular complexity index is 761. The van der Waals surface area contributed by atoms with Crippen molar-refractivity contribution in [1.29, 1.82) is 0 Å². The van der Waals surface area contributed by atoms with Crippen LogP contribution in [-0.4, -0.2) is 37.2 Å². The van der Waals surface area contributed by atoms with Gasteiger partial charge in [-0.1, -0.05) is 19.1 Å². The van der Waals surface area contributed by atoms with Crippen LogP contribution in [0.4, 0.5) is 5.69 Å². The molecule has 1 saturated heterocycles. The van der Waals surface area contributed by atoms with Gasteiger partial charge in [0.15, 0.2) is 5.96 Å². The molecule has 3 N–H and O–H groups in total. The maximum Gasteiger partial charge on any atom is 0.191 e. The third kappa shape index (κ3) is 6.00. The summed E-state index contributed by atoms with van der Waals surface area (Å²) in [5.41, 5.74) is 1.35. The zero-order valence-electron chi connectivity index (χ0n) is 17.8. The molecule has 1 aromatic carbocycles. The number of hydrogen-bond acceptors (Lipinski definition) is 4. The van der Waals surface area contributed by atoms with Crippen molar-refractivity contribution in [3.05, 3.63) is 54.0 Å². The molecular formula is C23H34N4O2. The molecule has 2 heterocycles. The molecule has 3 rings (SSSR count). The minimum atomic E-state index is -1.10. The molecule has 29 heavy (non-hydrogen) atoms. The molecule has 2 aromatic rings. The topological polar surface area (TPSA) is 73.0 Å². The van der Waals surface area contributed by atoms with Crippen LogP contribution in [0.3, 0.4) is 0 Å². The summed E-state index contributed by atoms with van der Waals surface area (Å²) in [6.07, 6.45) is 4.11. The Kier molecular flexibility index (Phi) is 7.20. The number of aliphatic imine (C=N–C) groups is 1. The highest BCUT2D eigenvalue weighted by Gasteiger charge is 2.26. The molecule has 0 radical (unpaired) electrons. The Balaban J connectivity index is 1.56. The van der Waals surface area contributed by atoms with Crippen LogP contribution in [0, 0.1) is 5.92 Å². The number of piperidine rings is 1. The van der Waals surface area contributed by atoms with E-state index < -0.39 is 5.60 Å². The molecule has 1 aromatic heterocycles. The van der Waals surface area contributed by atoms with Crippen LogP contribution in [0.1, 0.15) is 44.9 Å². The van der Waals surface area contributed by atoms with E-state index in [1.807, 2.05) is 6.92 Å². The summed E-state index contributed by atoms with van der Waals surface area (Å²) in [7, 11) is 0. The molecule has 0 spiro atoms. The highest BCUT2D eigenvalue weighted by molar-refractivity contribution is 5.79. The van der Waals surface area contributed by atoms with Crippen molar-refractivity contribution in [1.82, 2.24) is 10.6 Å². The van der Waals surface area contributed by atoms with E-state index in [0.717, 1.165) is 31.1 Å². The molecule has 1 unspecified atom stereocenters. The SMILES string of the molecule is CCNC(=NCc1ccc(N2CCC(C)CC2)cc1)NCC(C)(O)c1ccco1. The Morgan fingerprint density at radius 1 is 1.21 bits per heavy atom. The lowest BCUT2D eigenvalue weighted by Crippen LogP contribution is -2.44. The predicted molar refractivity (Wildman–Crippen MR) is 118 cm³/mol. The van der Waals surface area contributed by atoms with Gasteiger partial charge in [0.05, 0.1) is 19.4 Å². The summed E-state index contributed by atoms with van der Waals surface area (Å²) in [6, 6.07) is 12.2. The normalized spacial score (nSPS) is 17.8. The standard InChI is InChI=1S/C23H34N4O2/c1-4-24-22(26-17-23(3,28)21-6-5-15-29-21)25-16-19-7-9-20(10-8-19)27-13-11-18(2)12-14-27/h5-10,15,18,28H,4,11-14,16-17H2,1-3H3,(H2,24,25,26). The largest absolute Gasteiger partial charge is 0.466 e. The maximum absolute atomic E-state index is 10.6. The number of anilines is 1. The Labute approximate surface area is 174 Å². The zero-order valence-corrected chi connectivity index (χ0v) is 17.8. The van der Waals surface area contributed by atoms with Gasteiger partial charge in [-0.2, -0.15) is 0 Å². The van der Waals surface area contributed by atoms with Crippen LogP contribution >= 0.6 is 0 Å². The van der Waals surface area contributed by atoms with Crippen molar-refractivity contribution in [2.24, 2.45) is 10.9 Å². The number of guanidine groups is 1. The van der Waals surface area contributed by atoms with Crippen LogP contribution in [0.2, 0.25) is 0 Å². The van der Waals surface area contributed by atoms with E-state index in [1.165, 1.54) is 18.5 Å². The molecule has 6 nitrogen and oxygen atoms in total. The van der Waals surface area contributed by atoms with Gasteiger partial charge in [-0.25, -0.2) is 4.99 Å². The van der Waals surface area contributed by atoms with E-state index >= 15 is 0 Å². The average Bonchev–Trinajstić information content (AvgIpc) is 3.27. The number of aliphatic hydroxyl groups is 1. The Hall–Kier alpha value is -2.47. The summed E-state index contributed by atoms with van der Waals surface area (Å²) in [6.45, 7) is 10.0. The van der Waals surface area contributed by atoms with E-state index in [-0.39, 0.29) is 0 Å². The van der Waals surface area contributed by atoms with Gasteiger partial charge in [0.2, 0.25) is 0 Å². The van der Waals surface area contributed by atoms with Gasteiger partial charge < -0.3 is 25.1 Å². The summed E-state index contributed by atoms with van der Waals surface area (Å²) < 4.78 is 5.33. The maximum atomic E-state index is 10.6. The molecule has 0 aliphatic carbocycles. The lowest BCUT2D eigenvalue weighted by atomic mass is 9.99. The summed E-state index contributed by atoms with van der Waals surface area (Å²) >= 11 is 0. The highest BCUT2D eigenvalue weighted by Crippen LogP contribution is 2.23. The molecule has 0 bridgehead atoms. The molecular weight excluding hydrogens is 364 g/mol. The van der Waals surface area contributed by atoms with Crippen LogP contribution < -0.4 is 15.5 Å². The number of benzene rings is 1. The summed E-state index contributed by atoms with van der Waals surface area (Å²) in [5, 5.41) is 17.0. The quantitative estimate of drug-likeness (QED) is 0.492. The monoisotopic (exact) mass is 398 g/mol. The van der Waals surface area contributed by atoms with Crippen molar-refractivity contribution >= 4 is 11.6 Å². The fourth-order valence-electron chi connectivity index (χ4n) is 3.52. The van der Waals surface area contributed by atoms with E-state index in [2.05, 4.69) is 51.7 Å². The number of nitrogens with zero attached hydrogens (tertiary/aromatic N) is 2. The number of nitrogens with one attached hydrogen (secondary N) is 2. The lowest BCUT2D eigenvalue weighted by molar-refractivity contribution is 0.0386. The van der Waals surface area contributed by atoms with E-state index in [0.29, 0.717) is 24.8 Å². The minimum Gasteiger partial charge on any atom is -0.466 e. The van der Waals surface area contributed by atoms with Crippen molar-refractivity contribution < 1.29 is 9.52 Å². The molecule has 6 heteroatoms. The van der Waals surface area contributed by atoms with Gasteiger partial charge in [-0.05, 0) is 62.4 Å². The minimum absolute atomic E-state index is 0.304. The fraction of sp³-hybridized carbons (Fsp3) is 0.522. The first-order valence-electron chi connectivity index (χ1n) is 10.6. The van der Waals surface area contributed by atoms with Crippen molar-refractivity contribution in [2.75, 3.05) is 31.1 Å². The number of hydrogen-bond donors (Lipinski definition) is 3. The first-order chi connectivity index (χ1) is 14.0. The number of rotatable bonds is 7. The third-order valence-corrected chi connectivity index (χ3v) is 5.50. The van der Waals surface area contributed by atoms with Gasteiger partial charge in [0.25, 0.3) is 0 Å². The smallest absolute Gasteiger partial charge is 0.191 e. The van der Waals surface area contributed by atoms with Gasteiger partial charge in [-0.3, -0.25) is 0 Å². The van der Waals surface area contributed by atoms with Crippen molar-refractivity contribution in [2.45, 2.75) is 45.8 Å². The Morgan fingerprint density at radius 2 is 1.93 bits per heavy atom. The fourth-order valence-corrected chi connectivity index (χ4v) is 3.52. The third-order valence-electron chi connectivity index (χ3n) is 5.50. The van der Waals surface area contributed by atoms with Crippen LogP contribution in [0.25, 0.3) is 0 Å². The van der Waals surface area contributed by atoms with Gasteiger partial charge in [-0.15, -0.1) is 0 Å². The number of furan rings is 1. The van der Waals surface area contributed by atoms with Crippen LogP contribution in [-0.2, 0) is 12.1 Å². The van der Waals surface area contributed by atoms with Gasteiger partial charge in [0.1, 0.15) is 11.4 Å². The van der Waals surface area contributed by atoms with Crippen LogP contribution in [0.15, 0.2) is 52.1 Å². The predicted octanol–water partition coefficient (Wildman–Crippen LogP) is 3.48. The Morgan fingerprint density at radius 3 is 2.55 bits per heavy atom. The molecule has 1 aliphatic heterocycles. The molecule has 0 saturated carbocycles. The second kappa shape index (κ2) is 9.83. The molecule has 1 fully saturated rings. The van der Waals surface area contributed by atoms with E-state index in [4.69, 9.17) is 4.42 Å². The average molecular weight is 399 g/mol. The summed E-state index contributed by atoms with van der Waals surface area (Å²) in [4.78, 5) is 7.13. The molecule has 0 amide bonds. The molecule has 1 atom stereocenters. The summed E-state index contributed by atoms with van der Waals surface area (Å²) in [5.74, 6) is 2.04. The van der Waals surface area contributed by atoms with Crippen LogP contribution in [0.5, 0.6) is 0 Å². The van der Waals surface area contributed by atoms with Crippen molar-refractivity contribution in [3.63, 3.8) is 0 Å². The highest BCUT2D eigenvalue weighted by atomic mass is 16.4. The second-order valence-corrected chi connectivity index (χ2v) is 8.14. The van der Waals surface area contributed by atoms with Gasteiger partial charge in [0, 0.05) is 25.3 Å². The molecule has 158 valence electrons. The van der Waals surface area contributed by atoms with E-state index in [1.54, 1.807) is 25.3 Å². The zero-order chi connectivity index (χ0) is 20.7. The first kappa shape index (κ1) is 21.2. The second-order valence-electron chi connectivity index (χ2n) is 8.14. The van der Waals surface area contributed by atoms with E-state index in [9.17, 15) is 5.11 Å². The molecule has 1 aliphatic rings. The van der Waals surface area contributed by atoms with Gasteiger partial charge >= 0.3 is 0 Å². The lowest BCUT2D eigenvalue weighted by Gasteiger charge is -2.32. The first-order valence-corrected chi connectivity index (χ1v) is 10.6. The van der Waals surface area contributed by atoms with Crippen molar-refractivity contribution in [3.8, 4) is 0 Å².